The van der Waals surface area contributed by atoms with Gasteiger partial charge in [-0.05, 0) is 6.42 Å². The molecule has 22 heavy (non-hydrogen) atoms. The van der Waals surface area contributed by atoms with Crippen LogP contribution in [0.4, 0.5) is 13.2 Å². The zero-order chi connectivity index (χ0) is 16.6. The van der Waals surface area contributed by atoms with Gasteiger partial charge in [0.1, 0.15) is 0 Å². The molecule has 0 amide bonds. The molecule has 0 bridgehead atoms. The van der Waals surface area contributed by atoms with E-state index in [1.54, 1.807) is 13.0 Å². The van der Waals surface area contributed by atoms with Crippen molar-refractivity contribution in [3.8, 4) is 0 Å². The number of hydrogen-bond donors (Lipinski definition) is 0. The van der Waals surface area contributed by atoms with Crippen LogP contribution in [0, 0.1) is 0 Å². The summed E-state index contributed by atoms with van der Waals surface area (Å²) >= 11 is 0. The molecular formula is C15H17F3O4. The number of ether oxygens (including phenoxy) is 2. The van der Waals surface area contributed by atoms with Crippen LogP contribution in [0.25, 0.3) is 0 Å². The fourth-order valence-electron chi connectivity index (χ4n) is 1.63. The number of halogens is 3. The van der Waals surface area contributed by atoms with Crippen LogP contribution in [-0.2, 0) is 19.1 Å². The van der Waals surface area contributed by atoms with Crippen molar-refractivity contribution >= 4 is 11.9 Å². The molecule has 0 aliphatic heterocycles. The maximum atomic E-state index is 13.0. The number of hydrogen-bond acceptors (Lipinski definition) is 4. The average Bonchev–Trinajstić information content (AvgIpc) is 2.48. The van der Waals surface area contributed by atoms with Gasteiger partial charge in [-0.2, -0.15) is 13.2 Å². The van der Waals surface area contributed by atoms with Crippen molar-refractivity contribution in [1.29, 1.82) is 0 Å². The highest BCUT2D eigenvalue weighted by Gasteiger charge is 2.43. The molecule has 0 heterocycles. The van der Waals surface area contributed by atoms with Crippen LogP contribution in [0.15, 0.2) is 30.3 Å². The Morgan fingerprint density at radius 2 is 1.68 bits per heavy atom. The third-order valence-electron chi connectivity index (χ3n) is 2.65. The third-order valence-corrected chi connectivity index (χ3v) is 2.65. The Morgan fingerprint density at radius 1 is 1.09 bits per heavy atom. The SMILES string of the molecule is CCCOC(=O)CCC(=O)OC(c1ccccc1)C(F)(F)F. The summed E-state index contributed by atoms with van der Waals surface area (Å²) in [5.74, 6) is -1.73. The first-order valence-electron chi connectivity index (χ1n) is 6.81. The van der Waals surface area contributed by atoms with Gasteiger partial charge in [0.05, 0.1) is 19.4 Å². The molecule has 1 rings (SSSR count). The van der Waals surface area contributed by atoms with Crippen LogP contribution in [0.2, 0.25) is 0 Å². The van der Waals surface area contributed by atoms with Gasteiger partial charge >= 0.3 is 18.1 Å². The Kier molecular flexibility index (Phi) is 6.88. The van der Waals surface area contributed by atoms with Gasteiger partial charge in [0, 0.05) is 5.56 Å². The predicted molar refractivity (Wildman–Crippen MR) is 71.8 cm³/mol. The van der Waals surface area contributed by atoms with E-state index in [1.165, 1.54) is 24.3 Å². The minimum Gasteiger partial charge on any atom is -0.466 e. The average molecular weight is 318 g/mol. The molecule has 0 saturated carbocycles. The number of benzene rings is 1. The van der Waals surface area contributed by atoms with Gasteiger partial charge in [0.25, 0.3) is 0 Å². The molecule has 0 N–H and O–H groups in total. The van der Waals surface area contributed by atoms with E-state index in [0.717, 1.165) is 0 Å². The molecule has 0 radical (unpaired) electrons. The summed E-state index contributed by atoms with van der Waals surface area (Å²) in [6.45, 7) is 2.01. The molecule has 0 aliphatic carbocycles. The zero-order valence-corrected chi connectivity index (χ0v) is 12.1. The Morgan fingerprint density at radius 3 is 2.23 bits per heavy atom. The summed E-state index contributed by atoms with van der Waals surface area (Å²) in [6.07, 6.45) is -7.20. The van der Waals surface area contributed by atoms with E-state index in [2.05, 4.69) is 4.74 Å². The Labute approximate surface area is 126 Å². The Hall–Kier alpha value is -2.05. The Bertz CT molecular complexity index is 485. The summed E-state index contributed by atoms with van der Waals surface area (Å²) in [5, 5.41) is 0. The molecule has 1 atom stereocenters. The van der Waals surface area contributed by atoms with Crippen molar-refractivity contribution in [2.45, 2.75) is 38.5 Å². The van der Waals surface area contributed by atoms with Gasteiger partial charge in [-0.25, -0.2) is 0 Å². The summed E-state index contributed by atoms with van der Waals surface area (Å²) in [7, 11) is 0. The lowest BCUT2D eigenvalue weighted by molar-refractivity contribution is -0.224. The molecule has 0 spiro atoms. The quantitative estimate of drug-likeness (QED) is 0.721. The first-order chi connectivity index (χ1) is 10.3. The van der Waals surface area contributed by atoms with Crippen LogP contribution >= 0.6 is 0 Å². The number of carbonyl (C=O) groups excluding carboxylic acids is 2. The summed E-state index contributed by atoms with van der Waals surface area (Å²) in [4.78, 5) is 22.7. The number of esters is 2. The zero-order valence-electron chi connectivity index (χ0n) is 12.1. The molecular weight excluding hydrogens is 301 g/mol. The van der Waals surface area contributed by atoms with E-state index >= 15 is 0 Å². The van der Waals surface area contributed by atoms with E-state index in [9.17, 15) is 22.8 Å². The fourth-order valence-corrected chi connectivity index (χ4v) is 1.63. The molecule has 4 nitrogen and oxygen atoms in total. The minimum atomic E-state index is -4.72. The monoisotopic (exact) mass is 318 g/mol. The van der Waals surface area contributed by atoms with Crippen LogP contribution in [0.5, 0.6) is 0 Å². The second-order valence-corrected chi connectivity index (χ2v) is 4.54. The molecule has 0 aliphatic rings. The van der Waals surface area contributed by atoms with E-state index < -0.39 is 30.6 Å². The second-order valence-electron chi connectivity index (χ2n) is 4.54. The lowest BCUT2D eigenvalue weighted by Gasteiger charge is -2.21. The van der Waals surface area contributed by atoms with Crippen molar-refractivity contribution in [1.82, 2.24) is 0 Å². The lowest BCUT2D eigenvalue weighted by Crippen LogP contribution is -2.26. The maximum absolute atomic E-state index is 13.0. The van der Waals surface area contributed by atoms with Crippen LogP contribution < -0.4 is 0 Å². The molecule has 122 valence electrons. The molecule has 0 fully saturated rings. The van der Waals surface area contributed by atoms with Gasteiger partial charge in [0.2, 0.25) is 6.10 Å². The molecule has 1 aromatic rings. The van der Waals surface area contributed by atoms with E-state index in [-0.39, 0.29) is 18.6 Å². The summed E-state index contributed by atoms with van der Waals surface area (Å²) in [5.41, 5.74) is -0.170. The van der Waals surface area contributed by atoms with Crippen LogP contribution in [-0.4, -0.2) is 24.7 Å². The molecule has 0 saturated heterocycles. The minimum absolute atomic E-state index is 0.170. The van der Waals surface area contributed by atoms with Crippen molar-refractivity contribution < 1.29 is 32.2 Å². The first-order valence-corrected chi connectivity index (χ1v) is 6.81. The van der Waals surface area contributed by atoms with Crippen molar-refractivity contribution in [2.24, 2.45) is 0 Å². The van der Waals surface area contributed by atoms with E-state index in [1.807, 2.05) is 0 Å². The molecule has 1 unspecified atom stereocenters. The van der Waals surface area contributed by atoms with E-state index in [4.69, 9.17) is 4.74 Å². The Balaban J connectivity index is 2.60. The highest BCUT2D eigenvalue weighted by Crippen LogP contribution is 2.36. The van der Waals surface area contributed by atoms with Gasteiger partial charge in [0.15, 0.2) is 0 Å². The van der Waals surface area contributed by atoms with Gasteiger partial charge in [-0.1, -0.05) is 37.3 Å². The van der Waals surface area contributed by atoms with E-state index in [0.29, 0.717) is 6.42 Å². The third kappa shape index (κ3) is 6.15. The normalized spacial score (nSPS) is 12.5. The van der Waals surface area contributed by atoms with Gasteiger partial charge < -0.3 is 9.47 Å². The van der Waals surface area contributed by atoms with Crippen molar-refractivity contribution in [3.63, 3.8) is 0 Å². The van der Waals surface area contributed by atoms with Crippen LogP contribution in [0.3, 0.4) is 0 Å². The molecule has 1 aromatic carbocycles. The predicted octanol–water partition coefficient (Wildman–Crippen LogP) is 3.57. The van der Waals surface area contributed by atoms with Gasteiger partial charge in [-0.15, -0.1) is 0 Å². The van der Waals surface area contributed by atoms with Crippen molar-refractivity contribution in [2.75, 3.05) is 6.61 Å². The fraction of sp³-hybridized carbons (Fsp3) is 0.467. The number of carbonyl (C=O) groups is 2. The molecule has 7 heteroatoms. The maximum Gasteiger partial charge on any atom is 0.429 e. The van der Waals surface area contributed by atoms with Crippen molar-refractivity contribution in [3.05, 3.63) is 35.9 Å². The topological polar surface area (TPSA) is 52.6 Å². The largest absolute Gasteiger partial charge is 0.466 e. The highest BCUT2D eigenvalue weighted by atomic mass is 19.4. The first kappa shape index (κ1) is 18.0. The highest BCUT2D eigenvalue weighted by molar-refractivity contribution is 5.77. The smallest absolute Gasteiger partial charge is 0.429 e. The second kappa shape index (κ2) is 8.41. The molecule has 0 aromatic heterocycles. The summed E-state index contributed by atoms with van der Waals surface area (Å²) < 4.78 is 48.1. The summed E-state index contributed by atoms with van der Waals surface area (Å²) in [6, 6.07) is 6.85. The standard InChI is InChI=1S/C15H17F3O4/c1-2-10-21-12(19)8-9-13(20)22-14(15(16,17)18)11-6-4-3-5-7-11/h3-7,14H,2,8-10H2,1H3. The number of alkyl halides is 3. The van der Waals surface area contributed by atoms with Gasteiger partial charge in [-0.3, -0.25) is 9.59 Å². The number of rotatable bonds is 7. The van der Waals surface area contributed by atoms with Crippen LogP contribution in [0.1, 0.15) is 37.9 Å². The lowest BCUT2D eigenvalue weighted by atomic mass is 10.1.